The Morgan fingerprint density at radius 2 is 1.55 bits per heavy atom. The lowest BCUT2D eigenvalue weighted by Crippen LogP contribution is -2.52. The number of hydrogen-bond donors (Lipinski definition) is 2. The van der Waals surface area contributed by atoms with Gasteiger partial charge in [-0.05, 0) is 72.7 Å². The van der Waals surface area contributed by atoms with E-state index in [1.54, 1.807) is 24.1 Å². The van der Waals surface area contributed by atoms with Crippen molar-refractivity contribution < 1.29 is 28.7 Å². The molecule has 2 amide bonds. The molecule has 248 valence electrons. The highest BCUT2D eigenvalue weighted by Crippen LogP contribution is 2.32. The van der Waals surface area contributed by atoms with Crippen LogP contribution in [-0.4, -0.2) is 59.4 Å². The summed E-state index contributed by atoms with van der Waals surface area (Å²) in [5, 5.41) is 4.00. The number of H-pyrrole nitrogens is 1. The first-order valence-electron chi connectivity index (χ1n) is 16.3. The third-order valence-electron chi connectivity index (χ3n) is 8.14. The van der Waals surface area contributed by atoms with Gasteiger partial charge in [-0.1, -0.05) is 61.9 Å². The van der Waals surface area contributed by atoms with Gasteiger partial charge in [-0.2, -0.15) is 0 Å². The highest BCUT2D eigenvalue weighted by molar-refractivity contribution is 5.95. The maximum absolute atomic E-state index is 13.8. The number of nitrogens with zero attached hydrogens (tertiary/aromatic N) is 1. The smallest absolute Gasteiger partial charge is 0.308 e. The van der Waals surface area contributed by atoms with Crippen molar-refractivity contribution in [3.05, 3.63) is 90.0 Å². The van der Waals surface area contributed by atoms with E-state index in [1.165, 1.54) is 13.8 Å². The van der Waals surface area contributed by atoms with Gasteiger partial charge in [0.15, 0.2) is 5.60 Å². The number of rotatable bonds is 16. The summed E-state index contributed by atoms with van der Waals surface area (Å²) in [7, 11) is 1.76. The molecule has 1 heterocycles. The number of esters is 2. The maximum Gasteiger partial charge on any atom is 0.308 e. The zero-order valence-corrected chi connectivity index (χ0v) is 27.8. The number of ether oxygens (including phenoxy) is 2. The molecule has 0 aliphatic rings. The summed E-state index contributed by atoms with van der Waals surface area (Å²) >= 11 is 0. The summed E-state index contributed by atoms with van der Waals surface area (Å²) in [5.74, 6) is -0.769. The van der Waals surface area contributed by atoms with E-state index >= 15 is 0 Å². The van der Waals surface area contributed by atoms with Gasteiger partial charge in [0.25, 0.3) is 5.91 Å². The highest BCUT2D eigenvalue weighted by atomic mass is 16.6. The molecule has 0 fully saturated rings. The number of nitrogens with one attached hydrogen (secondary N) is 2. The van der Waals surface area contributed by atoms with Crippen molar-refractivity contribution in [1.82, 2.24) is 15.2 Å². The molecule has 0 saturated heterocycles. The van der Waals surface area contributed by atoms with E-state index in [2.05, 4.69) is 17.2 Å². The van der Waals surface area contributed by atoms with Crippen LogP contribution in [0.4, 0.5) is 0 Å². The van der Waals surface area contributed by atoms with Crippen molar-refractivity contribution in [2.75, 3.05) is 20.1 Å². The number of aromatic amines is 1. The van der Waals surface area contributed by atoms with E-state index in [9.17, 15) is 19.2 Å². The summed E-state index contributed by atoms with van der Waals surface area (Å²) in [4.78, 5) is 55.9. The predicted octanol–water partition coefficient (Wildman–Crippen LogP) is 6.39. The Hall–Kier alpha value is -4.92. The van der Waals surface area contributed by atoms with E-state index < -0.39 is 11.6 Å². The zero-order valence-electron chi connectivity index (χ0n) is 27.8. The van der Waals surface area contributed by atoms with Crippen molar-refractivity contribution in [2.45, 2.75) is 71.3 Å². The number of fused-ring (bicyclic) bond motifs is 1. The van der Waals surface area contributed by atoms with Gasteiger partial charge >= 0.3 is 11.9 Å². The molecule has 0 aliphatic carbocycles. The molecule has 1 aromatic heterocycles. The molecule has 0 aliphatic heterocycles. The van der Waals surface area contributed by atoms with Gasteiger partial charge < -0.3 is 24.7 Å². The third kappa shape index (κ3) is 9.54. The van der Waals surface area contributed by atoms with Crippen molar-refractivity contribution in [3.63, 3.8) is 0 Å². The minimum atomic E-state index is -1.33. The average molecular weight is 640 g/mol. The lowest BCUT2D eigenvalue weighted by Gasteiger charge is -2.35. The topological polar surface area (TPSA) is 118 Å². The average Bonchev–Trinajstić information content (AvgIpc) is 3.41. The molecular formula is C38H45N3O6. The van der Waals surface area contributed by atoms with E-state index in [4.69, 9.17) is 9.47 Å². The Bertz CT molecular complexity index is 1660. The van der Waals surface area contributed by atoms with Crippen LogP contribution in [0, 0.1) is 0 Å². The second-order valence-electron chi connectivity index (χ2n) is 12.0. The SMILES string of the molecule is CCCCN(C)C(=O)C(CCCCNC(=O)Cc1c(-c2ccc(OC(C)=O)cc2)[nH]c2ccccc12)(Cc1ccccc1)OC(C)=O. The lowest BCUT2D eigenvalue weighted by atomic mass is 9.87. The monoisotopic (exact) mass is 639 g/mol. The first-order valence-corrected chi connectivity index (χ1v) is 16.3. The Kier molecular flexibility index (Phi) is 12.3. The normalized spacial score (nSPS) is 12.3. The number of unbranched alkanes of at least 4 members (excludes halogenated alkanes) is 2. The molecule has 47 heavy (non-hydrogen) atoms. The first-order chi connectivity index (χ1) is 22.6. The minimum absolute atomic E-state index is 0.126. The number of carbonyl (C=O) groups is 4. The summed E-state index contributed by atoms with van der Waals surface area (Å²) < 4.78 is 11.1. The van der Waals surface area contributed by atoms with Gasteiger partial charge in [0.1, 0.15) is 5.75 Å². The van der Waals surface area contributed by atoms with Gasteiger partial charge in [-0.15, -0.1) is 0 Å². The van der Waals surface area contributed by atoms with Crippen LogP contribution in [-0.2, 0) is 36.8 Å². The molecule has 0 bridgehead atoms. The second kappa shape index (κ2) is 16.6. The molecule has 1 unspecified atom stereocenters. The van der Waals surface area contributed by atoms with Crippen LogP contribution in [0.2, 0.25) is 0 Å². The number of para-hydroxylation sites is 1. The fraction of sp³-hybridized carbons (Fsp3) is 0.368. The number of benzene rings is 3. The zero-order chi connectivity index (χ0) is 33.8. The molecule has 3 aromatic carbocycles. The largest absolute Gasteiger partial charge is 0.449 e. The molecule has 2 N–H and O–H groups in total. The number of amides is 2. The highest BCUT2D eigenvalue weighted by Gasteiger charge is 2.43. The van der Waals surface area contributed by atoms with Crippen LogP contribution in [0.15, 0.2) is 78.9 Å². The van der Waals surface area contributed by atoms with Gasteiger partial charge in [0.05, 0.1) is 12.1 Å². The fourth-order valence-electron chi connectivity index (χ4n) is 5.92. The first kappa shape index (κ1) is 34.9. The van der Waals surface area contributed by atoms with E-state index in [0.29, 0.717) is 38.1 Å². The molecule has 0 radical (unpaired) electrons. The standard InChI is InChI=1S/C38H45N3O6/c1-5-6-24-41(4)37(45)38(47-28(3)43,26-29-14-8-7-9-15-29)22-12-13-23-39-35(44)25-33-32-16-10-11-17-34(32)40-36(33)30-18-20-31(21-19-30)46-27(2)42/h7-11,14-21,40H,5-6,12-13,22-26H2,1-4H3,(H,39,44). The molecule has 1 atom stereocenters. The lowest BCUT2D eigenvalue weighted by molar-refractivity contribution is -0.173. The van der Waals surface area contributed by atoms with Crippen LogP contribution >= 0.6 is 0 Å². The summed E-state index contributed by atoms with van der Waals surface area (Å²) in [6.45, 7) is 5.76. The van der Waals surface area contributed by atoms with Crippen molar-refractivity contribution >= 4 is 34.7 Å². The predicted molar refractivity (Wildman–Crippen MR) is 183 cm³/mol. The van der Waals surface area contributed by atoms with Crippen LogP contribution in [0.5, 0.6) is 5.75 Å². The van der Waals surface area contributed by atoms with Crippen molar-refractivity contribution in [2.24, 2.45) is 0 Å². The number of carbonyl (C=O) groups excluding carboxylic acids is 4. The molecule has 9 heteroatoms. The molecular weight excluding hydrogens is 594 g/mol. The number of likely N-dealkylation sites (N-methyl/N-ethyl adjacent to an activating group) is 1. The van der Waals surface area contributed by atoms with E-state index in [-0.39, 0.29) is 30.6 Å². The Morgan fingerprint density at radius 3 is 2.23 bits per heavy atom. The molecule has 4 rings (SSSR count). The van der Waals surface area contributed by atoms with Crippen molar-refractivity contribution in [1.29, 1.82) is 0 Å². The van der Waals surface area contributed by atoms with Crippen LogP contribution in [0.25, 0.3) is 22.2 Å². The van der Waals surface area contributed by atoms with E-state index in [0.717, 1.165) is 46.1 Å². The quantitative estimate of drug-likeness (QED) is 0.0833. The van der Waals surface area contributed by atoms with Gasteiger partial charge in [0, 0.05) is 51.3 Å². The summed E-state index contributed by atoms with van der Waals surface area (Å²) in [5.41, 5.74) is 3.07. The molecule has 4 aromatic rings. The molecule has 9 nitrogen and oxygen atoms in total. The second-order valence-corrected chi connectivity index (χ2v) is 12.0. The third-order valence-corrected chi connectivity index (χ3v) is 8.14. The van der Waals surface area contributed by atoms with Crippen LogP contribution in [0.1, 0.15) is 64.0 Å². The van der Waals surface area contributed by atoms with Gasteiger partial charge in [-0.3, -0.25) is 19.2 Å². The summed E-state index contributed by atoms with van der Waals surface area (Å²) in [6.07, 6.45) is 3.75. The van der Waals surface area contributed by atoms with Gasteiger partial charge in [-0.25, -0.2) is 0 Å². The van der Waals surface area contributed by atoms with Crippen LogP contribution in [0.3, 0.4) is 0 Å². The number of aromatic nitrogens is 1. The van der Waals surface area contributed by atoms with Crippen LogP contribution < -0.4 is 10.1 Å². The van der Waals surface area contributed by atoms with E-state index in [1.807, 2.05) is 66.7 Å². The summed E-state index contributed by atoms with van der Waals surface area (Å²) in [6, 6.07) is 24.6. The maximum atomic E-state index is 13.8. The molecule has 0 spiro atoms. The molecule has 0 saturated carbocycles. The Labute approximate surface area is 276 Å². The van der Waals surface area contributed by atoms with Gasteiger partial charge in [0.2, 0.25) is 5.91 Å². The Morgan fingerprint density at radius 1 is 0.851 bits per heavy atom. The Balaban J connectivity index is 1.43. The van der Waals surface area contributed by atoms with Crippen molar-refractivity contribution in [3.8, 4) is 17.0 Å². The fourth-order valence-corrected chi connectivity index (χ4v) is 5.92. The number of hydrogen-bond acceptors (Lipinski definition) is 6. The minimum Gasteiger partial charge on any atom is -0.449 e.